The van der Waals surface area contributed by atoms with Gasteiger partial charge in [0.15, 0.2) is 4.34 Å². The van der Waals surface area contributed by atoms with E-state index in [0.717, 1.165) is 31.5 Å². The highest BCUT2D eigenvalue weighted by Gasteiger charge is 2.12. The van der Waals surface area contributed by atoms with E-state index in [4.69, 9.17) is 0 Å². The van der Waals surface area contributed by atoms with Gasteiger partial charge in [0.1, 0.15) is 5.01 Å². The lowest BCUT2D eigenvalue weighted by molar-refractivity contribution is 0.979. The normalized spacial score (nSPS) is 11.2. The zero-order chi connectivity index (χ0) is 20.5. The van der Waals surface area contributed by atoms with E-state index in [-0.39, 0.29) is 5.56 Å². The summed E-state index contributed by atoms with van der Waals surface area (Å²) >= 11 is 2.98. The summed E-state index contributed by atoms with van der Waals surface area (Å²) in [5.41, 5.74) is 3.90. The summed E-state index contributed by atoms with van der Waals surface area (Å²) in [6.07, 6.45) is 0. The second-order valence-corrected chi connectivity index (χ2v) is 9.04. The lowest BCUT2D eigenvalue weighted by Crippen LogP contribution is -2.18. The molecule has 3 aromatic heterocycles. The van der Waals surface area contributed by atoms with E-state index in [1.165, 1.54) is 23.1 Å². The van der Waals surface area contributed by atoms with Crippen molar-refractivity contribution in [3.8, 4) is 0 Å². The van der Waals surface area contributed by atoms with Gasteiger partial charge in [-0.2, -0.15) is 0 Å². The summed E-state index contributed by atoms with van der Waals surface area (Å²) in [6, 6.07) is 6.06. The fourth-order valence-electron chi connectivity index (χ4n) is 2.87. The van der Waals surface area contributed by atoms with Gasteiger partial charge < -0.3 is 0 Å². The lowest BCUT2D eigenvalue weighted by atomic mass is 10.1. The number of benzene rings is 1. The first-order valence-corrected chi connectivity index (χ1v) is 10.7. The Kier molecular flexibility index (Phi) is 5.29. The van der Waals surface area contributed by atoms with Crippen LogP contribution in [0.15, 0.2) is 27.3 Å². The number of H-pyrrole nitrogens is 1. The molecule has 3 heterocycles. The smallest absolute Gasteiger partial charge is 0.256 e. The molecule has 29 heavy (non-hydrogen) atoms. The van der Waals surface area contributed by atoms with Crippen molar-refractivity contribution < 1.29 is 0 Å². The van der Waals surface area contributed by atoms with Crippen molar-refractivity contribution in [3.05, 3.63) is 56.1 Å². The summed E-state index contributed by atoms with van der Waals surface area (Å²) in [4.78, 5) is 28.9. The highest BCUT2D eigenvalue weighted by atomic mass is 32.2. The fraction of sp³-hybridized carbons (Fsp3) is 0.263. The SMILES string of the molecule is Cc1ccc2c(C)nc(Nc3nc(C)c(CSc4nnc(C)s4)c(=O)[nH]3)nc2c1. The van der Waals surface area contributed by atoms with E-state index in [9.17, 15) is 4.79 Å². The van der Waals surface area contributed by atoms with Crippen molar-refractivity contribution in [2.45, 2.75) is 37.8 Å². The van der Waals surface area contributed by atoms with Gasteiger partial charge in [-0.1, -0.05) is 35.2 Å². The van der Waals surface area contributed by atoms with E-state index in [1.54, 1.807) is 0 Å². The summed E-state index contributed by atoms with van der Waals surface area (Å²) < 4.78 is 0.832. The Hall–Kier alpha value is -2.85. The second-order valence-electron chi connectivity index (χ2n) is 6.63. The van der Waals surface area contributed by atoms with E-state index in [0.29, 0.717) is 28.9 Å². The zero-order valence-electron chi connectivity index (χ0n) is 16.4. The van der Waals surface area contributed by atoms with Crippen LogP contribution in [-0.4, -0.2) is 30.1 Å². The van der Waals surface area contributed by atoms with Crippen LogP contribution in [0.2, 0.25) is 0 Å². The molecular weight excluding hydrogens is 406 g/mol. The lowest BCUT2D eigenvalue weighted by Gasteiger charge is -2.09. The van der Waals surface area contributed by atoms with Gasteiger partial charge in [0.2, 0.25) is 11.9 Å². The standard InChI is InChI=1S/C19H19N7OS2/c1-9-5-6-13-10(2)20-17(22-15(13)7-9)24-18-21-11(3)14(16(27)23-18)8-28-19-26-25-12(4)29-19/h5-7H,8H2,1-4H3,(H2,20,21,22,23,24,27). The molecule has 4 aromatic rings. The van der Waals surface area contributed by atoms with Gasteiger partial charge in [-0.3, -0.25) is 15.1 Å². The Labute approximate surface area is 175 Å². The van der Waals surface area contributed by atoms with E-state index in [2.05, 4.69) is 35.5 Å². The molecule has 0 radical (unpaired) electrons. The zero-order valence-corrected chi connectivity index (χ0v) is 18.0. The number of anilines is 2. The maximum absolute atomic E-state index is 12.6. The highest BCUT2D eigenvalue weighted by molar-refractivity contribution is 8.00. The number of hydrogen-bond donors (Lipinski definition) is 2. The van der Waals surface area contributed by atoms with Gasteiger partial charge in [0.25, 0.3) is 5.56 Å². The maximum Gasteiger partial charge on any atom is 0.256 e. The van der Waals surface area contributed by atoms with E-state index < -0.39 is 0 Å². The third kappa shape index (κ3) is 4.28. The average Bonchev–Trinajstić information content (AvgIpc) is 3.06. The third-order valence-corrected chi connectivity index (χ3v) is 6.34. The minimum atomic E-state index is -0.193. The maximum atomic E-state index is 12.6. The van der Waals surface area contributed by atoms with Crippen LogP contribution in [0, 0.1) is 27.7 Å². The predicted octanol–water partition coefficient (Wildman–Crippen LogP) is 3.83. The number of fused-ring (bicyclic) bond motifs is 1. The van der Waals surface area contributed by atoms with Crippen molar-refractivity contribution in [2.24, 2.45) is 0 Å². The fourth-order valence-corrected chi connectivity index (χ4v) is 4.77. The van der Waals surface area contributed by atoms with Crippen LogP contribution in [0.3, 0.4) is 0 Å². The number of aromatic amines is 1. The van der Waals surface area contributed by atoms with Crippen LogP contribution in [0.4, 0.5) is 11.9 Å². The molecule has 0 aliphatic heterocycles. The summed E-state index contributed by atoms with van der Waals surface area (Å²) in [6.45, 7) is 7.67. The number of hydrogen-bond acceptors (Lipinski definition) is 9. The molecule has 8 nitrogen and oxygen atoms in total. The minimum Gasteiger partial charge on any atom is -0.294 e. The molecule has 0 aliphatic rings. The van der Waals surface area contributed by atoms with Crippen LogP contribution in [0.1, 0.15) is 27.5 Å². The van der Waals surface area contributed by atoms with Gasteiger partial charge in [0, 0.05) is 16.7 Å². The van der Waals surface area contributed by atoms with Crippen molar-refractivity contribution in [3.63, 3.8) is 0 Å². The first-order chi connectivity index (χ1) is 13.9. The molecule has 1 aromatic carbocycles. The van der Waals surface area contributed by atoms with Gasteiger partial charge in [0.05, 0.1) is 16.9 Å². The molecule has 10 heteroatoms. The molecule has 0 aliphatic carbocycles. The minimum absolute atomic E-state index is 0.193. The Bertz CT molecular complexity index is 1270. The molecule has 0 spiro atoms. The monoisotopic (exact) mass is 425 g/mol. The van der Waals surface area contributed by atoms with E-state index >= 15 is 0 Å². The summed E-state index contributed by atoms with van der Waals surface area (Å²) in [7, 11) is 0. The Balaban J connectivity index is 1.58. The second kappa shape index (κ2) is 7.88. The van der Waals surface area contributed by atoms with Crippen molar-refractivity contribution in [1.82, 2.24) is 30.1 Å². The first-order valence-electron chi connectivity index (χ1n) is 8.94. The van der Waals surface area contributed by atoms with Gasteiger partial charge >= 0.3 is 0 Å². The van der Waals surface area contributed by atoms with Gasteiger partial charge in [-0.25, -0.2) is 15.0 Å². The van der Waals surface area contributed by atoms with Gasteiger partial charge in [-0.05, 0) is 39.3 Å². The number of nitrogens with zero attached hydrogens (tertiary/aromatic N) is 5. The van der Waals surface area contributed by atoms with Crippen LogP contribution in [0.25, 0.3) is 10.9 Å². The summed E-state index contributed by atoms with van der Waals surface area (Å²) in [5, 5.41) is 13.0. The predicted molar refractivity (Wildman–Crippen MR) is 116 cm³/mol. The molecule has 4 rings (SSSR count). The molecule has 0 saturated heterocycles. The van der Waals surface area contributed by atoms with Crippen LogP contribution in [-0.2, 0) is 5.75 Å². The van der Waals surface area contributed by atoms with E-state index in [1.807, 2.05) is 45.9 Å². The third-order valence-electron chi connectivity index (χ3n) is 4.34. The Morgan fingerprint density at radius 1 is 1.07 bits per heavy atom. The van der Waals surface area contributed by atoms with Crippen molar-refractivity contribution in [1.29, 1.82) is 0 Å². The number of aryl methyl sites for hydroxylation is 4. The first kappa shape index (κ1) is 19.5. The molecular formula is C19H19N7OS2. The van der Waals surface area contributed by atoms with Crippen LogP contribution < -0.4 is 10.9 Å². The Morgan fingerprint density at radius 2 is 1.90 bits per heavy atom. The van der Waals surface area contributed by atoms with Crippen molar-refractivity contribution in [2.75, 3.05) is 5.32 Å². The quantitative estimate of drug-likeness (QED) is 0.464. The molecule has 0 amide bonds. The van der Waals surface area contributed by atoms with Crippen LogP contribution >= 0.6 is 23.1 Å². The largest absolute Gasteiger partial charge is 0.294 e. The molecule has 0 bridgehead atoms. The number of rotatable bonds is 5. The molecule has 0 fully saturated rings. The molecule has 0 unspecified atom stereocenters. The molecule has 0 atom stereocenters. The number of nitrogens with one attached hydrogen (secondary N) is 2. The highest BCUT2D eigenvalue weighted by Crippen LogP contribution is 2.25. The van der Waals surface area contributed by atoms with Crippen molar-refractivity contribution >= 4 is 45.9 Å². The van der Waals surface area contributed by atoms with Gasteiger partial charge in [-0.15, -0.1) is 10.2 Å². The Morgan fingerprint density at radius 3 is 2.62 bits per heavy atom. The number of thioether (sulfide) groups is 1. The topological polar surface area (TPSA) is 109 Å². The molecule has 148 valence electrons. The summed E-state index contributed by atoms with van der Waals surface area (Å²) in [5.74, 6) is 1.20. The number of aromatic nitrogens is 6. The molecule has 2 N–H and O–H groups in total. The van der Waals surface area contributed by atoms with Crippen LogP contribution in [0.5, 0.6) is 0 Å². The average molecular weight is 426 g/mol. The molecule has 0 saturated carbocycles.